The highest BCUT2D eigenvalue weighted by atomic mass is 32.2. The molecule has 0 saturated heterocycles. The lowest BCUT2D eigenvalue weighted by atomic mass is 10.0. The van der Waals surface area contributed by atoms with Gasteiger partial charge in [0.25, 0.3) is 0 Å². The number of thioether (sulfide) groups is 1. The third kappa shape index (κ3) is 5.66. The lowest BCUT2D eigenvalue weighted by molar-refractivity contribution is 0.0299. The minimum absolute atomic E-state index is 0.0353. The average Bonchev–Trinajstić information content (AvgIpc) is 3.27. The van der Waals surface area contributed by atoms with Crippen LogP contribution in [0.15, 0.2) is 90.2 Å². The number of nitrogens with one attached hydrogen (secondary N) is 1. The molecule has 2 aromatic carbocycles. The van der Waals surface area contributed by atoms with Gasteiger partial charge in [-0.15, -0.1) is 11.8 Å². The van der Waals surface area contributed by atoms with Crippen LogP contribution in [-0.2, 0) is 4.74 Å². The highest BCUT2D eigenvalue weighted by molar-refractivity contribution is 8.02. The summed E-state index contributed by atoms with van der Waals surface area (Å²) in [5.41, 5.74) is 3.12. The van der Waals surface area contributed by atoms with E-state index in [2.05, 4.69) is 10.3 Å². The van der Waals surface area contributed by atoms with Gasteiger partial charge in [0.2, 0.25) is 0 Å². The summed E-state index contributed by atoms with van der Waals surface area (Å²) in [6, 6.07) is 20.4. The number of ether oxygens (including phenoxy) is 1. The van der Waals surface area contributed by atoms with Crippen molar-refractivity contribution in [2.75, 3.05) is 11.9 Å². The van der Waals surface area contributed by atoms with Crippen molar-refractivity contribution in [2.45, 2.75) is 31.7 Å². The van der Waals surface area contributed by atoms with Gasteiger partial charge >= 0.3 is 6.09 Å². The molecular formula is C27H27N3O3S. The maximum Gasteiger partial charge on any atom is 0.415 e. The van der Waals surface area contributed by atoms with Crippen LogP contribution in [0.2, 0.25) is 0 Å². The lowest BCUT2D eigenvalue weighted by Crippen LogP contribution is -2.37. The van der Waals surface area contributed by atoms with Gasteiger partial charge < -0.3 is 10.1 Å². The van der Waals surface area contributed by atoms with Crippen molar-refractivity contribution in [3.8, 4) is 0 Å². The Morgan fingerprint density at radius 3 is 2.50 bits per heavy atom. The lowest BCUT2D eigenvalue weighted by Gasteiger charge is -2.30. The van der Waals surface area contributed by atoms with Gasteiger partial charge in [-0.25, -0.2) is 4.79 Å². The largest absolute Gasteiger partial charge is 0.443 e. The number of aromatic nitrogens is 1. The number of pyridine rings is 1. The second-order valence-electron chi connectivity index (χ2n) is 8.86. The molecule has 1 aromatic heterocycles. The summed E-state index contributed by atoms with van der Waals surface area (Å²) in [5, 5.41) is 5.06. The molecule has 1 amide bonds. The number of rotatable bonds is 6. The molecule has 2 heterocycles. The first kappa shape index (κ1) is 23.6. The number of benzene rings is 2. The summed E-state index contributed by atoms with van der Waals surface area (Å²) in [5.74, 6) is -0.0353. The van der Waals surface area contributed by atoms with E-state index in [0.717, 1.165) is 16.9 Å². The molecule has 6 nitrogen and oxygen atoms in total. The van der Waals surface area contributed by atoms with Gasteiger partial charge in [-0.2, -0.15) is 0 Å². The van der Waals surface area contributed by atoms with E-state index in [1.165, 1.54) is 11.8 Å². The molecule has 0 radical (unpaired) electrons. The van der Waals surface area contributed by atoms with Crippen molar-refractivity contribution in [3.05, 3.63) is 107 Å². The fourth-order valence-corrected chi connectivity index (χ4v) is 4.65. The predicted molar refractivity (Wildman–Crippen MR) is 136 cm³/mol. The third-order valence-corrected chi connectivity index (χ3v) is 6.22. The summed E-state index contributed by atoms with van der Waals surface area (Å²) in [4.78, 5) is 31.8. The molecule has 4 rings (SSSR count). The molecule has 0 aliphatic carbocycles. The van der Waals surface area contributed by atoms with Crippen molar-refractivity contribution >= 4 is 29.3 Å². The summed E-state index contributed by atoms with van der Waals surface area (Å²) >= 11 is 1.54. The topological polar surface area (TPSA) is 71.5 Å². The fraction of sp³-hybridized carbons (Fsp3) is 0.222. The van der Waals surface area contributed by atoms with Crippen LogP contribution in [-0.4, -0.2) is 33.9 Å². The van der Waals surface area contributed by atoms with Crippen molar-refractivity contribution in [1.29, 1.82) is 0 Å². The second kappa shape index (κ2) is 10.1. The number of carbonyl (C=O) groups is 2. The van der Waals surface area contributed by atoms with Gasteiger partial charge in [-0.1, -0.05) is 48.5 Å². The zero-order valence-corrected chi connectivity index (χ0v) is 20.2. The van der Waals surface area contributed by atoms with E-state index >= 15 is 0 Å². The van der Waals surface area contributed by atoms with Crippen LogP contribution in [0.4, 0.5) is 10.5 Å². The van der Waals surface area contributed by atoms with Crippen molar-refractivity contribution in [1.82, 2.24) is 9.88 Å². The zero-order valence-electron chi connectivity index (χ0n) is 19.4. The first-order chi connectivity index (χ1) is 16.3. The molecule has 1 aliphatic rings. The van der Waals surface area contributed by atoms with Crippen LogP contribution >= 0.6 is 11.8 Å². The Bertz CT molecular complexity index is 1190. The molecule has 174 valence electrons. The molecule has 34 heavy (non-hydrogen) atoms. The van der Waals surface area contributed by atoms with Gasteiger partial charge in [-0.3, -0.25) is 14.7 Å². The summed E-state index contributed by atoms with van der Waals surface area (Å²) in [7, 11) is 0. The SMILES string of the molecule is CC(C)(C)OC(=O)N1C(CNc2cccc(C(=O)c3ccccc3)c2)=CSC1c1cccnc1. The van der Waals surface area contributed by atoms with Crippen molar-refractivity contribution in [2.24, 2.45) is 0 Å². The Kier molecular flexibility index (Phi) is 7.03. The Morgan fingerprint density at radius 1 is 1.03 bits per heavy atom. The second-order valence-corrected chi connectivity index (χ2v) is 9.82. The van der Waals surface area contributed by atoms with E-state index in [1.807, 2.05) is 74.7 Å². The number of anilines is 1. The van der Waals surface area contributed by atoms with Gasteiger partial charge in [0.05, 0.1) is 12.2 Å². The highest BCUT2D eigenvalue weighted by Gasteiger charge is 2.36. The fourth-order valence-electron chi connectivity index (χ4n) is 3.53. The number of hydrogen-bond donors (Lipinski definition) is 1. The summed E-state index contributed by atoms with van der Waals surface area (Å²) < 4.78 is 5.70. The molecule has 7 heteroatoms. The maximum atomic E-state index is 13.1. The van der Waals surface area contributed by atoms with Crippen molar-refractivity contribution < 1.29 is 14.3 Å². The van der Waals surface area contributed by atoms with Crippen LogP contribution in [0, 0.1) is 0 Å². The molecule has 0 fully saturated rings. The number of ketones is 1. The number of carbonyl (C=O) groups excluding carboxylic acids is 2. The molecule has 1 aliphatic heterocycles. The van der Waals surface area contributed by atoms with E-state index in [1.54, 1.807) is 35.5 Å². The molecular weight excluding hydrogens is 446 g/mol. The van der Waals surface area contributed by atoms with Crippen LogP contribution < -0.4 is 5.32 Å². The maximum absolute atomic E-state index is 13.1. The smallest absolute Gasteiger partial charge is 0.415 e. The van der Waals surface area contributed by atoms with Gasteiger partial charge in [0.1, 0.15) is 11.0 Å². The highest BCUT2D eigenvalue weighted by Crippen LogP contribution is 2.43. The zero-order chi connectivity index (χ0) is 24.1. The number of hydrogen-bond acceptors (Lipinski definition) is 6. The van der Waals surface area contributed by atoms with Crippen LogP contribution in [0.1, 0.15) is 47.6 Å². The number of nitrogens with zero attached hydrogens (tertiary/aromatic N) is 2. The van der Waals surface area contributed by atoms with Crippen molar-refractivity contribution in [3.63, 3.8) is 0 Å². The third-order valence-electron chi connectivity index (χ3n) is 5.07. The van der Waals surface area contributed by atoms with E-state index in [-0.39, 0.29) is 11.2 Å². The van der Waals surface area contributed by atoms with Gasteiger partial charge in [-0.05, 0) is 44.4 Å². The Balaban J connectivity index is 1.51. The first-order valence-electron chi connectivity index (χ1n) is 11.0. The monoisotopic (exact) mass is 473 g/mol. The average molecular weight is 474 g/mol. The number of amides is 1. The van der Waals surface area contributed by atoms with Gasteiger partial charge in [0, 0.05) is 34.8 Å². The minimum atomic E-state index is -0.617. The van der Waals surface area contributed by atoms with E-state index in [9.17, 15) is 9.59 Å². The van der Waals surface area contributed by atoms with Crippen LogP contribution in [0.25, 0.3) is 0 Å². The quantitative estimate of drug-likeness (QED) is 0.427. The van der Waals surface area contributed by atoms with E-state index in [4.69, 9.17) is 4.74 Å². The summed E-state index contributed by atoms with van der Waals surface area (Å²) in [6.07, 6.45) is 3.06. The molecule has 1 unspecified atom stereocenters. The standard InChI is InChI=1S/C27H27N3O3S/c1-27(2,3)33-26(32)30-23(18-34-25(30)21-12-8-14-28-16-21)17-29-22-13-7-11-20(15-22)24(31)19-9-5-4-6-10-19/h4-16,18,25,29H,17H2,1-3H3. The molecule has 1 atom stereocenters. The molecule has 0 spiro atoms. The van der Waals surface area contributed by atoms with Gasteiger partial charge in [0.15, 0.2) is 5.78 Å². The molecule has 0 saturated carbocycles. The molecule has 1 N–H and O–H groups in total. The Hall–Kier alpha value is -3.58. The molecule has 0 bridgehead atoms. The Labute approximate surface area is 204 Å². The van der Waals surface area contributed by atoms with Crippen LogP contribution in [0.5, 0.6) is 0 Å². The first-order valence-corrected chi connectivity index (χ1v) is 12.0. The normalized spacial score (nSPS) is 15.6. The summed E-state index contributed by atoms with van der Waals surface area (Å²) in [6.45, 7) is 5.95. The Morgan fingerprint density at radius 2 is 1.79 bits per heavy atom. The predicted octanol–water partition coefficient (Wildman–Crippen LogP) is 6.25. The molecule has 3 aromatic rings. The minimum Gasteiger partial charge on any atom is -0.443 e. The van der Waals surface area contributed by atoms with E-state index < -0.39 is 11.7 Å². The van der Waals surface area contributed by atoms with Crippen LogP contribution in [0.3, 0.4) is 0 Å². The van der Waals surface area contributed by atoms with E-state index in [0.29, 0.717) is 17.7 Å².